The zero-order chi connectivity index (χ0) is 37.4. The zero-order valence-electron chi connectivity index (χ0n) is 32.2. The first-order chi connectivity index (χ1) is 26.6. The molecule has 0 saturated carbocycles. The smallest absolute Gasteiger partial charge is 0.312 e. The highest BCUT2D eigenvalue weighted by Crippen LogP contribution is 2.56. The molecular weight excluding hydrogens is 671 g/mol. The number of ether oxygens (including phenoxy) is 1. The van der Waals surface area contributed by atoms with E-state index in [1.807, 2.05) is 0 Å². The van der Waals surface area contributed by atoms with Crippen LogP contribution >= 0.6 is 0 Å². The van der Waals surface area contributed by atoms with E-state index in [0.29, 0.717) is 0 Å². The maximum absolute atomic E-state index is 7.34. The Morgan fingerprint density at radius 3 is 1.85 bits per heavy atom. The van der Waals surface area contributed by atoms with Crippen LogP contribution in [0.4, 0.5) is 28.4 Å². The third kappa shape index (κ3) is 4.65. The van der Waals surface area contributed by atoms with Crippen LogP contribution in [0.3, 0.4) is 0 Å². The average Bonchev–Trinajstić information content (AvgIpc) is 3.77. The summed E-state index contributed by atoms with van der Waals surface area (Å²) < 4.78 is 14.5. The van der Waals surface area contributed by atoms with Crippen molar-refractivity contribution in [3.63, 3.8) is 0 Å². The van der Waals surface area contributed by atoms with Gasteiger partial charge in [0.15, 0.2) is 0 Å². The molecule has 0 radical (unpaired) electrons. The second-order valence-electron chi connectivity index (χ2n) is 17.7. The van der Waals surface area contributed by atoms with Crippen molar-refractivity contribution in [2.24, 2.45) is 0 Å². The lowest BCUT2D eigenvalue weighted by Gasteiger charge is -2.47. The van der Waals surface area contributed by atoms with Crippen molar-refractivity contribution in [3.05, 3.63) is 156 Å². The standard InChI is InChI=1S/C50H43BN2O2/c1-49(2,3)32-20-24-34(25-21-32)52-39-29-31-14-8-10-16-37(31)44-43(39)51(47-45(52)38-17-11-12-18-40(38)54-47)48-46(53(44)35-26-22-33(23-27-35)50(4,5)6)42-36-15-9-7-13-30(36)19-28-41(42)55-48/h7-29,46,48H,1-6H3. The molecule has 0 fully saturated rings. The Morgan fingerprint density at radius 1 is 0.564 bits per heavy atom. The molecule has 0 bridgehead atoms. The van der Waals surface area contributed by atoms with Crippen molar-refractivity contribution < 1.29 is 9.15 Å². The summed E-state index contributed by atoms with van der Waals surface area (Å²) in [5, 5.41) is 5.98. The third-order valence-electron chi connectivity index (χ3n) is 12.3. The maximum atomic E-state index is 7.34. The Balaban J connectivity index is 1.27. The van der Waals surface area contributed by atoms with E-state index in [4.69, 9.17) is 9.15 Å². The summed E-state index contributed by atoms with van der Waals surface area (Å²) in [4.78, 5) is 5.08. The van der Waals surface area contributed by atoms with Crippen molar-refractivity contribution in [2.75, 3.05) is 9.80 Å². The predicted octanol–water partition coefficient (Wildman–Crippen LogP) is 11.9. The average molecular weight is 715 g/mol. The molecule has 4 nitrogen and oxygen atoms in total. The number of anilines is 5. The second kappa shape index (κ2) is 11.3. The van der Waals surface area contributed by atoms with Gasteiger partial charge in [-0.2, -0.15) is 0 Å². The topological polar surface area (TPSA) is 28.9 Å². The maximum Gasteiger partial charge on any atom is 0.312 e. The van der Waals surface area contributed by atoms with Crippen LogP contribution in [0.2, 0.25) is 0 Å². The van der Waals surface area contributed by atoms with Crippen LogP contribution in [-0.4, -0.2) is 12.7 Å². The fourth-order valence-electron chi connectivity index (χ4n) is 9.65. The molecule has 4 heterocycles. The second-order valence-corrected chi connectivity index (χ2v) is 17.7. The van der Waals surface area contributed by atoms with Crippen LogP contribution in [0.25, 0.3) is 32.5 Å². The van der Waals surface area contributed by atoms with E-state index >= 15 is 0 Å². The van der Waals surface area contributed by atoms with E-state index in [2.05, 4.69) is 191 Å². The minimum Gasteiger partial charge on any atom is -0.495 e. The van der Waals surface area contributed by atoms with Gasteiger partial charge in [0.2, 0.25) is 0 Å². The molecular formula is C50H43BN2O2. The van der Waals surface area contributed by atoms with Gasteiger partial charge < -0.3 is 19.0 Å². The van der Waals surface area contributed by atoms with E-state index in [-0.39, 0.29) is 29.6 Å². The van der Waals surface area contributed by atoms with Gasteiger partial charge in [-0.3, -0.25) is 0 Å². The van der Waals surface area contributed by atoms with Gasteiger partial charge in [0.1, 0.15) is 17.3 Å². The molecule has 2 unspecified atom stereocenters. The van der Waals surface area contributed by atoms with Crippen molar-refractivity contribution >= 4 is 78.8 Å². The highest BCUT2D eigenvalue weighted by molar-refractivity contribution is 6.91. The normalized spacial score (nSPS) is 17.3. The minimum atomic E-state index is -0.250. The molecule has 0 amide bonds. The number of hydrogen-bond donors (Lipinski definition) is 0. The van der Waals surface area contributed by atoms with E-state index in [0.717, 1.165) is 39.4 Å². The molecule has 5 heteroatoms. The molecule has 2 atom stereocenters. The fraction of sp³-hybridized carbons (Fsp3) is 0.200. The summed E-state index contributed by atoms with van der Waals surface area (Å²) in [5.74, 6) is 0.946. The largest absolute Gasteiger partial charge is 0.495 e. The van der Waals surface area contributed by atoms with Crippen LogP contribution < -0.4 is 25.7 Å². The molecule has 1 aromatic heterocycles. The molecule has 0 spiro atoms. The van der Waals surface area contributed by atoms with Gasteiger partial charge >= 0.3 is 6.71 Å². The molecule has 8 aromatic rings. The van der Waals surface area contributed by atoms with E-state index in [1.54, 1.807) is 0 Å². The quantitative estimate of drug-likeness (QED) is 0.167. The third-order valence-corrected chi connectivity index (χ3v) is 12.3. The molecule has 55 heavy (non-hydrogen) atoms. The summed E-state index contributed by atoms with van der Waals surface area (Å²) in [6.07, 6.45) is 0. The van der Waals surface area contributed by atoms with Gasteiger partial charge in [-0.25, -0.2) is 0 Å². The number of benzene rings is 7. The lowest BCUT2D eigenvalue weighted by atomic mass is 9.34. The Hall–Kier alpha value is -5.94. The SMILES string of the molecule is CC(C)(C)c1ccc(N2c3cc4ccccc4c4c3B(c3oc5ccccc5c32)C2Oc3ccc5ccccc5c3C2N4c2ccc(C(C)(C)C)cc2)cc1. The summed E-state index contributed by atoms with van der Waals surface area (Å²) in [5.41, 5.74) is 12.8. The van der Waals surface area contributed by atoms with Crippen LogP contribution in [0.1, 0.15) is 64.3 Å². The van der Waals surface area contributed by atoms with Crippen molar-refractivity contribution in [1.82, 2.24) is 0 Å². The molecule has 7 aromatic carbocycles. The van der Waals surface area contributed by atoms with Gasteiger partial charge in [-0.05, 0) is 92.1 Å². The Bertz CT molecular complexity index is 2840. The summed E-state index contributed by atoms with van der Waals surface area (Å²) in [6.45, 7) is 13.5. The van der Waals surface area contributed by atoms with Crippen LogP contribution in [-0.2, 0) is 10.8 Å². The number of hydrogen-bond acceptors (Lipinski definition) is 4. The lowest BCUT2D eigenvalue weighted by molar-refractivity contribution is 0.281. The fourth-order valence-corrected chi connectivity index (χ4v) is 9.65. The van der Waals surface area contributed by atoms with Crippen molar-refractivity contribution in [1.29, 1.82) is 0 Å². The van der Waals surface area contributed by atoms with Gasteiger partial charge in [-0.15, -0.1) is 0 Å². The number of fused-ring (bicyclic) bond motifs is 12. The Labute approximate surface area is 323 Å². The molecule has 0 saturated heterocycles. The van der Waals surface area contributed by atoms with E-state index < -0.39 is 0 Å². The summed E-state index contributed by atoms with van der Waals surface area (Å²) in [6, 6.07) is 51.1. The van der Waals surface area contributed by atoms with Crippen LogP contribution in [0, 0.1) is 0 Å². The van der Waals surface area contributed by atoms with Crippen molar-refractivity contribution in [2.45, 2.75) is 64.4 Å². The minimum absolute atomic E-state index is 0.0344. The number of furan rings is 1. The van der Waals surface area contributed by atoms with E-state index in [1.165, 1.54) is 55.1 Å². The van der Waals surface area contributed by atoms with Crippen LogP contribution in [0.5, 0.6) is 5.75 Å². The molecule has 0 N–H and O–H groups in total. The highest BCUT2D eigenvalue weighted by atomic mass is 16.5. The molecule has 11 rings (SSSR count). The lowest BCUT2D eigenvalue weighted by Crippen LogP contribution is -2.64. The highest BCUT2D eigenvalue weighted by Gasteiger charge is 2.58. The first-order valence-electron chi connectivity index (χ1n) is 19.6. The van der Waals surface area contributed by atoms with Gasteiger partial charge in [-0.1, -0.05) is 133 Å². The predicted molar refractivity (Wildman–Crippen MR) is 231 cm³/mol. The molecule has 268 valence electrons. The van der Waals surface area contributed by atoms with Gasteiger partial charge in [0.25, 0.3) is 0 Å². The van der Waals surface area contributed by atoms with Crippen molar-refractivity contribution in [3.8, 4) is 5.75 Å². The Kier molecular flexibility index (Phi) is 6.68. The number of nitrogens with zero attached hydrogens (tertiary/aromatic N) is 2. The first kappa shape index (κ1) is 32.5. The number of para-hydroxylation sites is 1. The van der Waals surface area contributed by atoms with Crippen LogP contribution in [0.15, 0.2) is 144 Å². The molecule has 0 aliphatic carbocycles. The summed E-state index contributed by atoms with van der Waals surface area (Å²) in [7, 11) is 0. The zero-order valence-corrected chi connectivity index (χ0v) is 32.2. The molecule has 3 aliphatic rings. The van der Waals surface area contributed by atoms with E-state index in [9.17, 15) is 0 Å². The summed E-state index contributed by atoms with van der Waals surface area (Å²) >= 11 is 0. The first-order valence-corrected chi connectivity index (χ1v) is 19.6. The number of rotatable bonds is 2. The van der Waals surface area contributed by atoms with Gasteiger partial charge in [0, 0.05) is 39.1 Å². The molecule has 3 aliphatic heterocycles. The Morgan fingerprint density at radius 2 is 1.16 bits per heavy atom. The monoisotopic (exact) mass is 714 g/mol. The van der Waals surface area contributed by atoms with Gasteiger partial charge in [0.05, 0.1) is 17.4 Å².